The molecule has 1 fully saturated rings. The molecule has 0 amide bonds. The SMILES string of the molecule is C1COCCO1.CCCCC(C=O)CC. The summed E-state index contributed by atoms with van der Waals surface area (Å²) < 4.78 is 9.89. The van der Waals surface area contributed by atoms with Crippen molar-refractivity contribution < 1.29 is 14.3 Å². The lowest BCUT2D eigenvalue weighted by molar-refractivity contribution is -0.111. The first kappa shape index (κ1) is 14.6. The van der Waals surface area contributed by atoms with Gasteiger partial charge in [0, 0.05) is 5.92 Å². The minimum absolute atomic E-state index is 0.324. The fraction of sp³-hybridized carbons (Fsp3) is 0.917. The van der Waals surface area contributed by atoms with Gasteiger partial charge in [0.25, 0.3) is 0 Å². The van der Waals surface area contributed by atoms with Crippen LogP contribution in [0.3, 0.4) is 0 Å². The normalized spacial score (nSPS) is 17.5. The molecule has 3 heteroatoms. The molecular formula is C12H24O3. The van der Waals surface area contributed by atoms with Gasteiger partial charge in [-0.05, 0) is 12.8 Å². The fourth-order valence-corrected chi connectivity index (χ4v) is 1.27. The maximum Gasteiger partial charge on any atom is 0.123 e. The largest absolute Gasteiger partial charge is 0.377 e. The van der Waals surface area contributed by atoms with E-state index in [9.17, 15) is 4.79 Å². The molecule has 0 aromatic carbocycles. The van der Waals surface area contributed by atoms with Gasteiger partial charge in [-0.3, -0.25) is 0 Å². The van der Waals surface area contributed by atoms with Gasteiger partial charge >= 0.3 is 0 Å². The highest BCUT2D eigenvalue weighted by molar-refractivity contribution is 5.53. The van der Waals surface area contributed by atoms with Gasteiger partial charge in [-0.15, -0.1) is 0 Å². The summed E-state index contributed by atoms with van der Waals surface area (Å²) in [6.07, 6.45) is 5.55. The molecule has 0 aromatic rings. The fourth-order valence-electron chi connectivity index (χ4n) is 1.27. The molecule has 1 saturated heterocycles. The van der Waals surface area contributed by atoms with Crippen LogP contribution >= 0.6 is 0 Å². The molecule has 1 aliphatic rings. The molecule has 1 unspecified atom stereocenters. The van der Waals surface area contributed by atoms with E-state index in [0.29, 0.717) is 5.92 Å². The zero-order chi connectivity index (χ0) is 11.4. The Bertz CT molecular complexity index is 121. The summed E-state index contributed by atoms with van der Waals surface area (Å²) >= 11 is 0. The molecule has 0 N–H and O–H groups in total. The lowest BCUT2D eigenvalue weighted by Crippen LogP contribution is -2.16. The molecule has 15 heavy (non-hydrogen) atoms. The molecule has 1 rings (SSSR count). The summed E-state index contributed by atoms with van der Waals surface area (Å²) in [5.41, 5.74) is 0. The van der Waals surface area contributed by atoms with E-state index in [1.54, 1.807) is 0 Å². The van der Waals surface area contributed by atoms with Gasteiger partial charge in [-0.2, -0.15) is 0 Å². The lowest BCUT2D eigenvalue weighted by atomic mass is 10.0. The molecule has 1 heterocycles. The highest BCUT2D eigenvalue weighted by atomic mass is 16.6. The molecule has 0 spiro atoms. The van der Waals surface area contributed by atoms with E-state index in [1.165, 1.54) is 12.8 Å². The van der Waals surface area contributed by atoms with Crippen LogP contribution < -0.4 is 0 Å². The number of unbranched alkanes of at least 4 members (excludes halogenated alkanes) is 1. The average Bonchev–Trinajstić information content (AvgIpc) is 2.34. The Morgan fingerprint density at radius 1 is 1.13 bits per heavy atom. The molecule has 0 aliphatic carbocycles. The summed E-state index contributed by atoms with van der Waals surface area (Å²) in [5, 5.41) is 0. The molecule has 1 atom stereocenters. The first-order valence-electron chi connectivity index (χ1n) is 5.95. The third kappa shape index (κ3) is 9.88. The van der Waals surface area contributed by atoms with Crippen molar-refractivity contribution in [2.75, 3.05) is 26.4 Å². The van der Waals surface area contributed by atoms with Gasteiger partial charge in [0.15, 0.2) is 0 Å². The van der Waals surface area contributed by atoms with Crippen LogP contribution in [0.5, 0.6) is 0 Å². The smallest absolute Gasteiger partial charge is 0.123 e. The number of carbonyl (C=O) groups excluding carboxylic acids is 1. The van der Waals surface area contributed by atoms with Crippen molar-refractivity contribution in [1.82, 2.24) is 0 Å². The number of carbonyl (C=O) groups is 1. The molecule has 0 radical (unpaired) electrons. The van der Waals surface area contributed by atoms with E-state index >= 15 is 0 Å². The molecular weight excluding hydrogens is 192 g/mol. The maximum atomic E-state index is 10.2. The van der Waals surface area contributed by atoms with Gasteiger partial charge in [-0.1, -0.05) is 26.7 Å². The van der Waals surface area contributed by atoms with E-state index in [0.717, 1.165) is 45.6 Å². The molecule has 0 saturated carbocycles. The van der Waals surface area contributed by atoms with Gasteiger partial charge in [0.1, 0.15) is 6.29 Å². The second-order valence-corrected chi connectivity index (χ2v) is 3.67. The Balaban J connectivity index is 0.000000280. The van der Waals surface area contributed by atoms with Crippen molar-refractivity contribution in [3.05, 3.63) is 0 Å². The van der Waals surface area contributed by atoms with Crippen molar-refractivity contribution in [2.45, 2.75) is 39.5 Å². The molecule has 0 aromatic heterocycles. The number of hydrogen-bond donors (Lipinski definition) is 0. The molecule has 0 bridgehead atoms. The first-order valence-corrected chi connectivity index (χ1v) is 5.95. The summed E-state index contributed by atoms with van der Waals surface area (Å²) in [6, 6.07) is 0. The van der Waals surface area contributed by atoms with Crippen LogP contribution in [0.25, 0.3) is 0 Å². The summed E-state index contributed by atoms with van der Waals surface area (Å²) in [6.45, 7) is 7.33. The first-order chi connectivity index (χ1) is 7.35. The quantitative estimate of drug-likeness (QED) is 0.662. The predicted molar refractivity (Wildman–Crippen MR) is 61.0 cm³/mol. The molecule has 1 aliphatic heterocycles. The van der Waals surface area contributed by atoms with E-state index < -0.39 is 0 Å². The van der Waals surface area contributed by atoms with E-state index in [2.05, 4.69) is 13.8 Å². The molecule has 3 nitrogen and oxygen atoms in total. The second kappa shape index (κ2) is 11.7. The summed E-state index contributed by atoms with van der Waals surface area (Å²) in [5.74, 6) is 0.324. The third-order valence-electron chi connectivity index (χ3n) is 2.39. The van der Waals surface area contributed by atoms with Crippen LogP contribution in [0, 0.1) is 5.92 Å². The van der Waals surface area contributed by atoms with Crippen molar-refractivity contribution in [3.63, 3.8) is 0 Å². The van der Waals surface area contributed by atoms with Crippen molar-refractivity contribution >= 4 is 6.29 Å². The number of rotatable bonds is 5. The third-order valence-corrected chi connectivity index (χ3v) is 2.39. The summed E-state index contributed by atoms with van der Waals surface area (Å²) in [7, 11) is 0. The standard InChI is InChI=1S/C8H16O.C4H8O2/c1-3-5-6-8(4-2)7-9;1-2-6-4-3-5-1/h7-8H,3-6H2,1-2H3;1-4H2. The topological polar surface area (TPSA) is 35.5 Å². The van der Waals surface area contributed by atoms with Gasteiger partial charge in [0.2, 0.25) is 0 Å². The summed E-state index contributed by atoms with van der Waals surface area (Å²) in [4.78, 5) is 10.2. The Hall–Kier alpha value is -0.410. The van der Waals surface area contributed by atoms with E-state index in [1.807, 2.05) is 0 Å². The average molecular weight is 216 g/mol. The van der Waals surface area contributed by atoms with Crippen LogP contribution in [0.1, 0.15) is 39.5 Å². The van der Waals surface area contributed by atoms with Crippen LogP contribution in [-0.2, 0) is 14.3 Å². The maximum absolute atomic E-state index is 10.2. The van der Waals surface area contributed by atoms with Crippen LogP contribution in [0.4, 0.5) is 0 Å². The Labute approximate surface area is 93.1 Å². The van der Waals surface area contributed by atoms with Gasteiger partial charge in [0.05, 0.1) is 26.4 Å². The monoisotopic (exact) mass is 216 g/mol. The zero-order valence-electron chi connectivity index (χ0n) is 10.0. The Morgan fingerprint density at radius 3 is 1.93 bits per heavy atom. The van der Waals surface area contributed by atoms with Crippen molar-refractivity contribution in [3.8, 4) is 0 Å². The number of aldehydes is 1. The van der Waals surface area contributed by atoms with Gasteiger partial charge in [-0.25, -0.2) is 0 Å². The minimum atomic E-state index is 0.324. The van der Waals surface area contributed by atoms with E-state index in [-0.39, 0.29) is 0 Å². The lowest BCUT2D eigenvalue weighted by Gasteiger charge is -2.09. The number of hydrogen-bond acceptors (Lipinski definition) is 3. The highest BCUT2D eigenvalue weighted by Crippen LogP contribution is 2.08. The Kier molecular flexibility index (Phi) is 11.3. The van der Waals surface area contributed by atoms with Crippen molar-refractivity contribution in [2.24, 2.45) is 5.92 Å². The molecule has 90 valence electrons. The van der Waals surface area contributed by atoms with Gasteiger partial charge < -0.3 is 14.3 Å². The zero-order valence-corrected chi connectivity index (χ0v) is 10.0. The van der Waals surface area contributed by atoms with Crippen LogP contribution in [0.2, 0.25) is 0 Å². The number of ether oxygens (including phenoxy) is 2. The second-order valence-electron chi connectivity index (χ2n) is 3.67. The Morgan fingerprint density at radius 2 is 1.67 bits per heavy atom. The van der Waals surface area contributed by atoms with Crippen LogP contribution in [-0.4, -0.2) is 32.7 Å². The minimum Gasteiger partial charge on any atom is -0.377 e. The van der Waals surface area contributed by atoms with Crippen molar-refractivity contribution in [1.29, 1.82) is 0 Å². The van der Waals surface area contributed by atoms with Crippen LogP contribution in [0.15, 0.2) is 0 Å². The van der Waals surface area contributed by atoms with E-state index in [4.69, 9.17) is 9.47 Å². The highest BCUT2D eigenvalue weighted by Gasteiger charge is 2.01. The predicted octanol–water partition coefficient (Wildman–Crippen LogP) is 2.43.